The van der Waals surface area contributed by atoms with E-state index >= 15 is 0 Å². The maximum atomic E-state index is 14.3. The fourth-order valence-corrected chi connectivity index (χ4v) is 6.89. The number of unbranched alkanes of at least 4 members (excludes halogenated alkanes) is 1. The number of rotatable bonds is 14. The summed E-state index contributed by atoms with van der Waals surface area (Å²) < 4.78 is 6.83. The summed E-state index contributed by atoms with van der Waals surface area (Å²) in [6, 6.07) is -0.802. The highest BCUT2D eigenvalue weighted by atomic mass is 16.5. The van der Waals surface area contributed by atoms with E-state index in [2.05, 4.69) is 20.1 Å². The molecule has 202 valence electrons. The standard InChI is InChI=1S/C28H45N3O5/c1-7-13-20(5)30(17-9-3)26(35)23-28-15-14-27(10-4,36-28)21(24(33)29(6)16-8-2)22(28)25(34)31(23)18-11-12-19-32/h8-9,20-23,32H,2-3,7,10-19H2,1,4-6H3/t20?,21-,22-,23?,27+,28?/m0/s1. The molecule has 36 heavy (non-hydrogen) atoms. The zero-order valence-corrected chi connectivity index (χ0v) is 22.6. The van der Waals surface area contributed by atoms with Crippen LogP contribution in [0.4, 0.5) is 0 Å². The lowest BCUT2D eigenvalue weighted by Gasteiger charge is -2.39. The molecule has 0 aliphatic carbocycles. The quantitative estimate of drug-likeness (QED) is 0.291. The zero-order valence-electron chi connectivity index (χ0n) is 22.6. The minimum atomic E-state index is -1.02. The van der Waals surface area contributed by atoms with Gasteiger partial charge in [0.15, 0.2) is 0 Å². The first-order valence-corrected chi connectivity index (χ1v) is 13.6. The average molecular weight is 504 g/mol. The highest BCUT2D eigenvalue weighted by molar-refractivity contribution is 5.99. The third kappa shape index (κ3) is 4.51. The summed E-state index contributed by atoms with van der Waals surface area (Å²) in [4.78, 5) is 47.3. The van der Waals surface area contributed by atoms with E-state index in [1.807, 2.05) is 18.7 Å². The summed E-state index contributed by atoms with van der Waals surface area (Å²) in [7, 11) is 1.73. The summed E-state index contributed by atoms with van der Waals surface area (Å²) in [6.07, 6.45) is 8.11. The van der Waals surface area contributed by atoms with Gasteiger partial charge in [-0.3, -0.25) is 14.4 Å². The lowest BCUT2D eigenvalue weighted by molar-refractivity contribution is -0.155. The number of likely N-dealkylation sites (tertiary alicyclic amines) is 1. The number of nitrogens with zero attached hydrogens (tertiary/aromatic N) is 3. The molecule has 3 fully saturated rings. The first-order valence-electron chi connectivity index (χ1n) is 13.6. The smallest absolute Gasteiger partial charge is 0.248 e. The predicted octanol–water partition coefficient (Wildman–Crippen LogP) is 2.76. The van der Waals surface area contributed by atoms with Crippen molar-refractivity contribution < 1.29 is 24.2 Å². The maximum absolute atomic E-state index is 14.3. The first kappa shape index (κ1) is 28.4. The van der Waals surface area contributed by atoms with E-state index in [-0.39, 0.29) is 30.4 Å². The van der Waals surface area contributed by atoms with E-state index < -0.39 is 29.1 Å². The van der Waals surface area contributed by atoms with Gasteiger partial charge in [0.2, 0.25) is 17.7 Å². The van der Waals surface area contributed by atoms with Crippen molar-refractivity contribution in [3.05, 3.63) is 25.3 Å². The lowest BCUT2D eigenvalue weighted by atomic mass is 9.64. The Labute approximate surface area is 216 Å². The van der Waals surface area contributed by atoms with Crippen molar-refractivity contribution in [3.63, 3.8) is 0 Å². The summed E-state index contributed by atoms with van der Waals surface area (Å²) in [5.41, 5.74) is -1.77. The molecule has 1 N–H and O–H groups in total. The number of aliphatic hydroxyl groups is 1. The van der Waals surface area contributed by atoms with Crippen LogP contribution in [0.15, 0.2) is 25.3 Å². The van der Waals surface area contributed by atoms with E-state index in [1.54, 1.807) is 29.0 Å². The van der Waals surface area contributed by atoms with Gasteiger partial charge in [-0.2, -0.15) is 0 Å². The Hall–Kier alpha value is -2.19. The zero-order chi connectivity index (χ0) is 26.7. The van der Waals surface area contributed by atoms with Gasteiger partial charge in [0, 0.05) is 39.3 Å². The number of likely N-dealkylation sites (N-methyl/N-ethyl adjacent to an activating group) is 1. The summed E-state index contributed by atoms with van der Waals surface area (Å²) >= 11 is 0. The second-order valence-electron chi connectivity index (χ2n) is 10.7. The van der Waals surface area contributed by atoms with Gasteiger partial charge in [0.1, 0.15) is 11.6 Å². The molecule has 1 spiro atoms. The van der Waals surface area contributed by atoms with Gasteiger partial charge in [-0.15, -0.1) is 13.2 Å². The van der Waals surface area contributed by atoms with Crippen molar-refractivity contribution in [2.45, 2.75) is 89.0 Å². The molecule has 3 unspecified atom stereocenters. The number of amides is 3. The van der Waals surface area contributed by atoms with E-state index in [4.69, 9.17) is 4.74 Å². The van der Waals surface area contributed by atoms with E-state index in [9.17, 15) is 19.5 Å². The Balaban J connectivity index is 2.09. The van der Waals surface area contributed by atoms with Crippen molar-refractivity contribution in [1.29, 1.82) is 0 Å². The number of fused-ring (bicyclic) bond motifs is 1. The van der Waals surface area contributed by atoms with E-state index in [0.29, 0.717) is 51.7 Å². The van der Waals surface area contributed by atoms with Crippen molar-refractivity contribution in [3.8, 4) is 0 Å². The number of ether oxygens (including phenoxy) is 1. The maximum Gasteiger partial charge on any atom is 0.248 e. The van der Waals surface area contributed by atoms with Crippen LogP contribution < -0.4 is 0 Å². The molecule has 0 aromatic rings. The molecule has 2 bridgehead atoms. The van der Waals surface area contributed by atoms with E-state index in [0.717, 1.165) is 12.8 Å². The molecule has 3 amide bonds. The molecule has 3 saturated heterocycles. The molecule has 6 atom stereocenters. The van der Waals surface area contributed by atoms with Gasteiger partial charge in [-0.25, -0.2) is 0 Å². The van der Waals surface area contributed by atoms with Gasteiger partial charge in [0.05, 0.1) is 17.4 Å². The lowest BCUT2D eigenvalue weighted by Crippen LogP contribution is -2.58. The van der Waals surface area contributed by atoms with Gasteiger partial charge in [-0.05, 0) is 45.4 Å². The average Bonchev–Trinajstić information content (AvgIpc) is 3.46. The summed E-state index contributed by atoms with van der Waals surface area (Å²) in [5.74, 6) is -1.75. The minimum Gasteiger partial charge on any atom is -0.396 e. The summed E-state index contributed by atoms with van der Waals surface area (Å²) in [6.45, 7) is 14.9. The van der Waals surface area contributed by atoms with Crippen LogP contribution in [-0.4, -0.2) is 94.1 Å². The fourth-order valence-electron chi connectivity index (χ4n) is 6.89. The predicted molar refractivity (Wildman–Crippen MR) is 139 cm³/mol. The molecule has 3 heterocycles. The topological polar surface area (TPSA) is 90.4 Å². The number of aliphatic hydroxyl groups excluding tert-OH is 1. The van der Waals surface area contributed by atoms with Crippen LogP contribution in [0.2, 0.25) is 0 Å². The molecule has 8 nitrogen and oxygen atoms in total. The van der Waals surface area contributed by atoms with Crippen LogP contribution in [0.3, 0.4) is 0 Å². The third-order valence-electron chi connectivity index (χ3n) is 8.61. The molecule has 0 aromatic carbocycles. The van der Waals surface area contributed by atoms with Crippen LogP contribution in [0.1, 0.15) is 65.7 Å². The van der Waals surface area contributed by atoms with Crippen molar-refractivity contribution in [2.24, 2.45) is 11.8 Å². The number of hydrogen-bond acceptors (Lipinski definition) is 5. The first-order chi connectivity index (χ1) is 17.2. The van der Waals surface area contributed by atoms with Crippen molar-refractivity contribution in [2.75, 3.05) is 33.3 Å². The van der Waals surface area contributed by atoms with Gasteiger partial charge >= 0.3 is 0 Å². The summed E-state index contributed by atoms with van der Waals surface area (Å²) in [5, 5.41) is 9.36. The van der Waals surface area contributed by atoms with E-state index in [1.165, 1.54) is 0 Å². The monoisotopic (exact) mass is 503 g/mol. The molecule has 0 radical (unpaired) electrons. The molecule has 3 aliphatic rings. The third-order valence-corrected chi connectivity index (χ3v) is 8.61. The number of carbonyl (C=O) groups is 3. The molecular weight excluding hydrogens is 458 g/mol. The second-order valence-corrected chi connectivity index (χ2v) is 10.7. The normalized spacial score (nSPS) is 31.3. The Morgan fingerprint density at radius 3 is 2.47 bits per heavy atom. The van der Waals surface area contributed by atoms with Crippen LogP contribution >= 0.6 is 0 Å². The Bertz CT molecular complexity index is 862. The fraction of sp³-hybridized carbons (Fsp3) is 0.750. The van der Waals surface area contributed by atoms with Gasteiger partial charge in [-0.1, -0.05) is 32.4 Å². The minimum absolute atomic E-state index is 0.0137. The largest absolute Gasteiger partial charge is 0.396 e. The highest BCUT2D eigenvalue weighted by Crippen LogP contribution is 2.64. The molecule has 0 saturated carbocycles. The van der Waals surface area contributed by atoms with Gasteiger partial charge in [0.25, 0.3) is 0 Å². The van der Waals surface area contributed by atoms with Crippen LogP contribution in [-0.2, 0) is 19.1 Å². The SMILES string of the molecule is C=CCN(C)C(=O)[C@@H]1[C@H]2C(=O)N(CCCCO)C(C(=O)N(CC=C)C(C)CCC)C23CC[C@@]1(CC)O3. The number of hydrogen-bond donors (Lipinski definition) is 1. The molecular formula is C28H45N3O5. The Kier molecular flexibility index (Phi) is 9.04. The van der Waals surface area contributed by atoms with Crippen molar-refractivity contribution in [1.82, 2.24) is 14.7 Å². The van der Waals surface area contributed by atoms with Gasteiger partial charge < -0.3 is 24.5 Å². The number of carbonyl (C=O) groups excluding carboxylic acids is 3. The molecule has 3 rings (SSSR count). The second kappa shape index (κ2) is 11.5. The van der Waals surface area contributed by atoms with Crippen LogP contribution in [0.5, 0.6) is 0 Å². The van der Waals surface area contributed by atoms with Crippen LogP contribution in [0.25, 0.3) is 0 Å². The molecule has 8 heteroatoms. The highest BCUT2D eigenvalue weighted by Gasteiger charge is 2.78. The Morgan fingerprint density at radius 1 is 1.19 bits per heavy atom. The van der Waals surface area contributed by atoms with Crippen molar-refractivity contribution >= 4 is 17.7 Å². The Morgan fingerprint density at radius 2 is 1.89 bits per heavy atom. The van der Waals surface area contributed by atoms with Crippen LogP contribution in [0, 0.1) is 11.8 Å². The molecule has 3 aliphatic heterocycles. The molecule has 0 aromatic heterocycles.